The zero-order chi connectivity index (χ0) is 18.8. The summed E-state index contributed by atoms with van der Waals surface area (Å²) >= 11 is 7.62. The Balaban J connectivity index is 1.55. The largest absolute Gasteiger partial charge is 0.338 e. The minimum absolute atomic E-state index is 0.447. The molecule has 0 aliphatic heterocycles. The predicted octanol–water partition coefficient (Wildman–Crippen LogP) is 4.27. The van der Waals surface area contributed by atoms with Crippen molar-refractivity contribution in [2.45, 2.75) is 24.8 Å². The van der Waals surface area contributed by atoms with Crippen molar-refractivity contribution in [2.75, 3.05) is 0 Å². The third-order valence-electron chi connectivity index (χ3n) is 4.00. The molecule has 0 radical (unpaired) electrons. The van der Waals surface area contributed by atoms with E-state index in [1.54, 1.807) is 10.7 Å². The van der Waals surface area contributed by atoms with Gasteiger partial charge in [0.15, 0.2) is 0 Å². The number of aryl methyl sites for hydroxylation is 2. The molecule has 0 amide bonds. The van der Waals surface area contributed by atoms with Crippen LogP contribution in [0.4, 0.5) is 0 Å². The van der Waals surface area contributed by atoms with Gasteiger partial charge in [-0.2, -0.15) is 9.67 Å². The van der Waals surface area contributed by atoms with Crippen molar-refractivity contribution in [3.8, 4) is 17.1 Å². The minimum atomic E-state index is 0.447. The summed E-state index contributed by atoms with van der Waals surface area (Å²) in [6.07, 6.45) is 0. The summed E-state index contributed by atoms with van der Waals surface area (Å²) in [6.45, 7) is 4.07. The summed E-state index contributed by atoms with van der Waals surface area (Å²) in [4.78, 5) is 4.42. The van der Waals surface area contributed by atoms with Crippen LogP contribution in [-0.4, -0.2) is 30.3 Å². The molecule has 2 heterocycles. The van der Waals surface area contributed by atoms with E-state index in [0.717, 1.165) is 22.4 Å². The Kier molecular flexibility index (Phi) is 4.91. The maximum absolute atomic E-state index is 6.19. The SMILES string of the molecule is Cc1cccc(C)c1-n1nnnc1SCc1nc(-c2ccccc2Cl)no1. The second-order valence-corrected chi connectivity index (χ2v) is 7.24. The van der Waals surface area contributed by atoms with Gasteiger partial charge in [-0.25, -0.2) is 0 Å². The Morgan fingerprint density at radius 3 is 2.63 bits per heavy atom. The molecule has 4 rings (SSSR count). The molecule has 136 valence electrons. The Morgan fingerprint density at radius 1 is 1.07 bits per heavy atom. The topological polar surface area (TPSA) is 82.5 Å². The van der Waals surface area contributed by atoms with Crippen LogP contribution in [0, 0.1) is 13.8 Å². The average molecular weight is 399 g/mol. The van der Waals surface area contributed by atoms with Crippen molar-refractivity contribution >= 4 is 23.4 Å². The standard InChI is InChI=1S/C18H15ClN6OS/c1-11-6-5-7-12(2)16(11)25-18(21-23-24-25)27-10-15-20-17(22-26-15)13-8-3-4-9-14(13)19/h3-9H,10H2,1-2H3. The van der Waals surface area contributed by atoms with Crippen LogP contribution in [0.25, 0.3) is 17.1 Å². The molecule has 0 spiro atoms. The molecule has 2 aromatic heterocycles. The number of hydrogen-bond acceptors (Lipinski definition) is 7. The maximum Gasteiger partial charge on any atom is 0.237 e. The first-order valence-electron chi connectivity index (χ1n) is 8.19. The summed E-state index contributed by atoms with van der Waals surface area (Å²) in [5.41, 5.74) is 3.91. The smallest absolute Gasteiger partial charge is 0.237 e. The molecule has 0 aliphatic carbocycles. The van der Waals surface area contributed by atoms with Crippen molar-refractivity contribution < 1.29 is 4.52 Å². The van der Waals surface area contributed by atoms with Gasteiger partial charge in [0, 0.05) is 5.56 Å². The predicted molar refractivity (Wildman–Crippen MR) is 103 cm³/mol. The van der Waals surface area contributed by atoms with E-state index in [0.29, 0.717) is 27.6 Å². The third kappa shape index (κ3) is 3.58. The normalized spacial score (nSPS) is 11.1. The quantitative estimate of drug-likeness (QED) is 0.464. The van der Waals surface area contributed by atoms with Crippen LogP contribution in [0.15, 0.2) is 52.1 Å². The van der Waals surface area contributed by atoms with Crippen molar-refractivity contribution in [1.29, 1.82) is 0 Å². The fourth-order valence-corrected chi connectivity index (χ4v) is 3.68. The molecule has 27 heavy (non-hydrogen) atoms. The average Bonchev–Trinajstić information content (AvgIpc) is 3.30. The molecule has 0 bridgehead atoms. The molecule has 2 aromatic carbocycles. The molecule has 0 atom stereocenters. The number of hydrogen-bond donors (Lipinski definition) is 0. The van der Waals surface area contributed by atoms with Crippen LogP contribution in [-0.2, 0) is 5.75 Å². The highest BCUT2D eigenvalue weighted by atomic mass is 35.5. The number of nitrogens with zero attached hydrogens (tertiary/aromatic N) is 6. The lowest BCUT2D eigenvalue weighted by atomic mass is 10.1. The summed E-state index contributed by atoms with van der Waals surface area (Å²) in [6, 6.07) is 13.5. The lowest BCUT2D eigenvalue weighted by Crippen LogP contribution is -2.04. The molecule has 4 aromatic rings. The molecule has 7 nitrogen and oxygen atoms in total. The zero-order valence-corrected chi connectivity index (χ0v) is 16.2. The highest BCUT2D eigenvalue weighted by Gasteiger charge is 2.16. The first kappa shape index (κ1) is 17.7. The first-order chi connectivity index (χ1) is 13.1. The summed E-state index contributed by atoms with van der Waals surface area (Å²) in [5.74, 6) is 1.39. The van der Waals surface area contributed by atoms with Gasteiger partial charge in [-0.3, -0.25) is 0 Å². The number of benzene rings is 2. The number of aromatic nitrogens is 6. The Hall–Kier alpha value is -2.71. The van der Waals surface area contributed by atoms with E-state index in [9.17, 15) is 0 Å². The Bertz CT molecular complexity index is 1070. The van der Waals surface area contributed by atoms with Crippen LogP contribution < -0.4 is 0 Å². The van der Waals surface area contributed by atoms with Gasteiger partial charge in [0.05, 0.1) is 16.5 Å². The van der Waals surface area contributed by atoms with Gasteiger partial charge in [-0.05, 0) is 47.5 Å². The Morgan fingerprint density at radius 2 is 1.85 bits per heavy atom. The lowest BCUT2D eigenvalue weighted by molar-refractivity contribution is 0.391. The molecule has 0 aliphatic rings. The van der Waals surface area contributed by atoms with E-state index in [-0.39, 0.29) is 0 Å². The van der Waals surface area contributed by atoms with Gasteiger partial charge in [-0.15, -0.1) is 5.10 Å². The number of para-hydroxylation sites is 1. The van der Waals surface area contributed by atoms with Crippen LogP contribution in [0.1, 0.15) is 17.0 Å². The van der Waals surface area contributed by atoms with Crippen molar-refractivity contribution in [3.05, 3.63) is 64.5 Å². The number of rotatable bonds is 5. The van der Waals surface area contributed by atoms with Crippen molar-refractivity contribution in [2.24, 2.45) is 0 Å². The highest BCUT2D eigenvalue weighted by Crippen LogP contribution is 2.28. The lowest BCUT2D eigenvalue weighted by Gasteiger charge is -2.09. The minimum Gasteiger partial charge on any atom is -0.338 e. The molecule has 0 saturated heterocycles. The molecule has 0 fully saturated rings. The highest BCUT2D eigenvalue weighted by molar-refractivity contribution is 7.98. The van der Waals surface area contributed by atoms with Gasteiger partial charge >= 0.3 is 0 Å². The van der Waals surface area contributed by atoms with E-state index in [2.05, 4.69) is 25.7 Å². The fraction of sp³-hybridized carbons (Fsp3) is 0.167. The van der Waals surface area contributed by atoms with Gasteiger partial charge in [0.1, 0.15) is 0 Å². The second kappa shape index (κ2) is 7.50. The molecule has 0 unspecified atom stereocenters. The summed E-state index contributed by atoms with van der Waals surface area (Å²) in [5, 5.41) is 17.3. The summed E-state index contributed by atoms with van der Waals surface area (Å²) < 4.78 is 7.08. The monoisotopic (exact) mass is 398 g/mol. The van der Waals surface area contributed by atoms with Crippen LogP contribution in [0.5, 0.6) is 0 Å². The fourth-order valence-electron chi connectivity index (χ4n) is 2.74. The van der Waals surface area contributed by atoms with Crippen LogP contribution in [0.3, 0.4) is 0 Å². The molecule has 9 heteroatoms. The van der Waals surface area contributed by atoms with Gasteiger partial charge in [-0.1, -0.05) is 58.9 Å². The number of tetrazole rings is 1. The van der Waals surface area contributed by atoms with E-state index < -0.39 is 0 Å². The second-order valence-electron chi connectivity index (χ2n) is 5.89. The van der Waals surface area contributed by atoms with Gasteiger partial charge < -0.3 is 4.52 Å². The van der Waals surface area contributed by atoms with Crippen LogP contribution in [0.2, 0.25) is 5.02 Å². The van der Waals surface area contributed by atoms with E-state index in [4.69, 9.17) is 16.1 Å². The van der Waals surface area contributed by atoms with E-state index >= 15 is 0 Å². The Labute approximate surface area is 164 Å². The molecule has 0 saturated carbocycles. The van der Waals surface area contributed by atoms with Crippen molar-refractivity contribution in [1.82, 2.24) is 30.3 Å². The number of halogens is 1. The first-order valence-corrected chi connectivity index (χ1v) is 9.55. The third-order valence-corrected chi connectivity index (χ3v) is 5.23. The maximum atomic E-state index is 6.19. The van der Waals surface area contributed by atoms with Crippen LogP contribution >= 0.6 is 23.4 Å². The molecular weight excluding hydrogens is 384 g/mol. The zero-order valence-electron chi connectivity index (χ0n) is 14.6. The van der Waals surface area contributed by atoms with E-state index in [1.807, 2.05) is 50.2 Å². The van der Waals surface area contributed by atoms with Gasteiger partial charge in [0.25, 0.3) is 0 Å². The van der Waals surface area contributed by atoms with Crippen molar-refractivity contribution in [3.63, 3.8) is 0 Å². The van der Waals surface area contributed by atoms with E-state index in [1.165, 1.54) is 11.8 Å². The van der Waals surface area contributed by atoms with Gasteiger partial charge in [0.2, 0.25) is 16.9 Å². The number of thioether (sulfide) groups is 1. The molecule has 0 N–H and O–H groups in total. The molecular formula is C18H15ClN6OS. The summed E-state index contributed by atoms with van der Waals surface area (Å²) in [7, 11) is 0.